The quantitative estimate of drug-likeness (QED) is 0.619. The third-order valence-electron chi connectivity index (χ3n) is 3.15. The summed E-state index contributed by atoms with van der Waals surface area (Å²) in [6.07, 6.45) is 1.81. The van der Waals surface area contributed by atoms with Crippen molar-refractivity contribution in [1.82, 2.24) is 30.3 Å². The molecule has 0 saturated carbocycles. The van der Waals surface area contributed by atoms with Crippen molar-refractivity contribution < 1.29 is 19.2 Å². The highest BCUT2D eigenvalue weighted by Crippen LogP contribution is 2.11. The number of carbonyl (C=O) groups is 2. The zero-order valence-electron chi connectivity index (χ0n) is 14.8. The zero-order chi connectivity index (χ0) is 19.5. The van der Waals surface area contributed by atoms with E-state index in [1.54, 1.807) is 7.05 Å². The van der Waals surface area contributed by atoms with Crippen molar-refractivity contribution in [2.24, 2.45) is 0 Å². The summed E-state index contributed by atoms with van der Waals surface area (Å²) in [5, 5.41) is 13.5. The summed E-state index contributed by atoms with van der Waals surface area (Å²) in [7, 11) is 1.67. The number of hydrogen-bond donors (Lipinski definition) is 3. The SMILES string of the molecule is CC(C)c1nc(CCN(C)C(=O)NCc2cc(=O)[nH]cn2)no1.O=CO. The Morgan fingerprint density at radius 3 is 2.77 bits per heavy atom. The number of aromatic amines is 1. The standard InChI is InChI=1S/C14H20N6O3.CH2O2/c1-9(2)13-18-11(19-23-13)4-5-20(3)14(22)15-7-10-6-12(21)17-8-16-10;2-1-3/h6,8-9H,4-5,7H2,1-3H3,(H,15,22)(H,16,17,21);1H,(H,2,3). The number of H-pyrrole nitrogens is 1. The number of amides is 2. The van der Waals surface area contributed by atoms with Crippen LogP contribution in [0.5, 0.6) is 0 Å². The van der Waals surface area contributed by atoms with E-state index in [2.05, 4.69) is 25.4 Å². The molecule has 2 amide bonds. The highest BCUT2D eigenvalue weighted by molar-refractivity contribution is 5.73. The second-order valence-corrected chi connectivity index (χ2v) is 5.54. The van der Waals surface area contributed by atoms with Gasteiger partial charge in [0.2, 0.25) is 5.89 Å². The Balaban J connectivity index is 0.00000105. The summed E-state index contributed by atoms with van der Waals surface area (Å²) in [6, 6.07) is 1.08. The minimum Gasteiger partial charge on any atom is -0.483 e. The second-order valence-electron chi connectivity index (χ2n) is 5.54. The predicted octanol–water partition coefficient (Wildman–Crippen LogP) is 0.361. The molecule has 0 aliphatic carbocycles. The van der Waals surface area contributed by atoms with Gasteiger partial charge in [0.15, 0.2) is 5.82 Å². The molecule has 11 nitrogen and oxygen atoms in total. The first-order chi connectivity index (χ1) is 12.4. The summed E-state index contributed by atoms with van der Waals surface area (Å²) in [5.41, 5.74) is 0.242. The number of nitrogens with one attached hydrogen (secondary N) is 2. The Morgan fingerprint density at radius 1 is 1.50 bits per heavy atom. The van der Waals surface area contributed by atoms with Crippen LogP contribution in [0, 0.1) is 0 Å². The lowest BCUT2D eigenvalue weighted by molar-refractivity contribution is -0.122. The van der Waals surface area contributed by atoms with Crippen LogP contribution >= 0.6 is 0 Å². The molecule has 0 saturated heterocycles. The number of rotatable bonds is 6. The van der Waals surface area contributed by atoms with Crippen LogP contribution in [0.25, 0.3) is 0 Å². The molecule has 0 atom stereocenters. The molecule has 2 aromatic rings. The Morgan fingerprint density at radius 2 is 2.19 bits per heavy atom. The average molecular weight is 366 g/mol. The van der Waals surface area contributed by atoms with Gasteiger partial charge in [-0.25, -0.2) is 9.78 Å². The molecular weight excluding hydrogens is 344 g/mol. The van der Waals surface area contributed by atoms with Gasteiger partial charge in [-0.3, -0.25) is 9.59 Å². The van der Waals surface area contributed by atoms with Gasteiger partial charge in [-0.15, -0.1) is 0 Å². The van der Waals surface area contributed by atoms with Gasteiger partial charge in [0.25, 0.3) is 12.0 Å². The molecule has 0 aliphatic rings. The van der Waals surface area contributed by atoms with Gasteiger partial charge >= 0.3 is 6.03 Å². The van der Waals surface area contributed by atoms with Crippen LogP contribution < -0.4 is 10.9 Å². The molecule has 3 N–H and O–H groups in total. The van der Waals surface area contributed by atoms with Gasteiger partial charge in [-0.2, -0.15) is 4.98 Å². The molecule has 0 radical (unpaired) electrons. The lowest BCUT2D eigenvalue weighted by atomic mass is 10.2. The minimum atomic E-state index is -0.264. The topological polar surface area (TPSA) is 154 Å². The third-order valence-corrected chi connectivity index (χ3v) is 3.15. The van der Waals surface area contributed by atoms with E-state index in [-0.39, 0.29) is 30.5 Å². The molecule has 2 rings (SSSR count). The molecule has 142 valence electrons. The van der Waals surface area contributed by atoms with Crippen LogP contribution in [-0.4, -0.2) is 56.2 Å². The maximum Gasteiger partial charge on any atom is 0.317 e. The van der Waals surface area contributed by atoms with Gasteiger partial charge in [-0.1, -0.05) is 19.0 Å². The van der Waals surface area contributed by atoms with E-state index < -0.39 is 0 Å². The van der Waals surface area contributed by atoms with E-state index in [0.717, 1.165) is 0 Å². The van der Waals surface area contributed by atoms with E-state index in [1.165, 1.54) is 17.3 Å². The molecule has 2 heterocycles. The van der Waals surface area contributed by atoms with Crippen molar-refractivity contribution in [3.05, 3.63) is 40.2 Å². The molecule has 0 unspecified atom stereocenters. The summed E-state index contributed by atoms with van der Waals surface area (Å²) in [6.45, 7) is 4.33. The molecule has 0 aromatic carbocycles. The molecule has 26 heavy (non-hydrogen) atoms. The highest BCUT2D eigenvalue weighted by atomic mass is 16.5. The fraction of sp³-hybridized carbons (Fsp3) is 0.467. The third kappa shape index (κ3) is 7.11. The molecule has 0 fully saturated rings. The highest BCUT2D eigenvalue weighted by Gasteiger charge is 2.13. The van der Waals surface area contributed by atoms with Crippen LogP contribution in [0.2, 0.25) is 0 Å². The van der Waals surface area contributed by atoms with Crippen LogP contribution in [0.3, 0.4) is 0 Å². The first-order valence-electron chi connectivity index (χ1n) is 7.80. The first kappa shape index (κ1) is 20.8. The van der Waals surface area contributed by atoms with Gasteiger partial charge < -0.3 is 24.8 Å². The van der Waals surface area contributed by atoms with Gasteiger partial charge in [0, 0.05) is 32.0 Å². The summed E-state index contributed by atoms with van der Waals surface area (Å²) in [5.74, 6) is 1.34. The van der Waals surface area contributed by atoms with Crippen LogP contribution in [0.15, 0.2) is 21.7 Å². The smallest absolute Gasteiger partial charge is 0.317 e. The Kier molecular flexibility index (Phi) is 8.47. The number of carboxylic acid groups (broad SMARTS) is 1. The summed E-state index contributed by atoms with van der Waals surface area (Å²) in [4.78, 5) is 43.6. The van der Waals surface area contributed by atoms with E-state index in [0.29, 0.717) is 30.4 Å². The number of carbonyl (C=O) groups excluding carboxylic acids is 1. The number of aromatic nitrogens is 4. The molecular formula is C15H22N6O5. The first-order valence-corrected chi connectivity index (χ1v) is 7.80. The van der Waals surface area contributed by atoms with Gasteiger partial charge in [-0.05, 0) is 0 Å². The van der Waals surface area contributed by atoms with Crippen LogP contribution in [0.1, 0.15) is 37.2 Å². The number of likely N-dealkylation sites (N-methyl/N-ethyl adjacent to an activating group) is 1. The van der Waals surface area contributed by atoms with Crippen LogP contribution in [0.4, 0.5) is 4.79 Å². The molecule has 2 aromatic heterocycles. The summed E-state index contributed by atoms with van der Waals surface area (Å²) < 4.78 is 5.11. The number of urea groups is 1. The van der Waals surface area contributed by atoms with E-state index in [4.69, 9.17) is 14.4 Å². The lowest BCUT2D eigenvalue weighted by Gasteiger charge is -2.16. The van der Waals surface area contributed by atoms with Crippen molar-refractivity contribution in [1.29, 1.82) is 0 Å². The molecule has 11 heteroatoms. The maximum atomic E-state index is 12.0. The predicted molar refractivity (Wildman–Crippen MR) is 90.5 cm³/mol. The lowest BCUT2D eigenvalue weighted by Crippen LogP contribution is -2.38. The molecule has 0 bridgehead atoms. The van der Waals surface area contributed by atoms with Gasteiger partial charge in [0.05, 0.1) is 18.6 Å². The van der Waals surface area contributed by atoms with Crippen molar-refractivity contribution in [3.8, 4) is 0 Å². The Labute approximate surface area is 149 Å². The zero-order valence-corrected chi connectivity index (χ0v) is 14.8. The van der Waals surface area contributed by atoms with Crippen molar-refractivity contribution in [3.63, 3.8) is 0 Å². The van der Waals surface area contributed by atoms with Crippen molar-refractivity contribution >= 4 is 12.5 Å². The number of nitrogens with zero attached hydrogens (tertiary/aromatic N) is 4. The monoisotopic (exact) mass is 366 g/mol. The minimum absolute atomic E-state index is 0.179. The normalized spacial score (nSPS) is 10.0. The van der Waals surface area contributed by atoms with Gasteiger partial charge in [0.1, 0.15) is 0 Å². The second kappa shape index (κ2) is 10.6. The van der Waals surface area contributed by atoms with E-state index in [9.17, 15) is 9.59 Å². The Bertz CT molecular complexity index is 757. The number of hydrogen-bond acceptors (Lipinski definition) is 7. The van der Waals surface area contributed by atoms with E-state index in [1.807, 2.05) is 13.8 Å². The maximum absolute atomic E-state index is 12.0. The molecule has 0 aliphatic heterocycles. The molecule has 0 spiro atoms. The van der Waals surface area contributed by atoms with E-state index >= 15 is 0 Å². The Hall–Kier alpha value is -3.24. The van der Waals surface area contributed by atoms with Crippen LogP contribution in [-0.2, 0) is 17.8 Å². The summed E-state index contributed by atoms with van der Waals surface area (Å²) >= 11 is 0. The fourth-order valence-corrected chi connectivity index (χ4v) is 1.78. The van der Waals surface area contributed by atoms with Crippen molar-refractivity contribution in [2.75, 3.05) is 13.6 Å². The fourth-order valence-electron chi connectivity index (χ4n) is 1.78. The average Bonchev–Trinajstić information content (AvgIpc) is 3.07. The largest absolute Gasteiger partial charge is 0.483 e. The van der Waals surface area contributed by atoms with Crippen molar-refractivity contribution in [2.45, 2.75) is 32.7 Å².